The Bertz CT molecular complexity index is 265. The molecule has 1 unspecified atom stereocenters. The van der Waals surface area contributed by atoms with Crippen molar-refractivity contribution in [1.29, 1.82) is 0 Å². The Hall–Kier alpha value is -0.240. The molecule has 5 atom stereocenters. The lowest BCUT2D eigenvalue weighted by atomic mass is 10.1. The van der Waals surface area contributed by atoms with Gasteiger partial charge < -0.3 is 4.74 Å². The van der Waals surface area contributed by atoms with Crippen LogP contribution in [-0.2, 0) is 9.53 Å². The number of hydrogen-bond donors (Lipinski definition) is 0. The van der Waals surface area contributed by atoms with Crippen LogP contribution >= 0.6 is 11.6 Å². The minimum atomic E-state index is -0.119. The van der Waals surface area contributed by atoms with Gasteiger partial charge in [-0.15, -0.1) is 11.6 Å². The van der Waals surface area contributed by atoms with Gasteiger partial charge in [-0.3, -0.25) is 4.79 Å². The number of carbonyl (C=O) groups excluding carboxylic acids is 1. The molecule has 0 saturated heterocycles. The van der Waals surface area contributed by atoms with E-state index in [1.54, 1.807) is 0 Å². The number of esters is 1. The fourth-order valence-corrected chi connectivity index (χ4v) is 4.23. The summed E-state index contributed by atoms with van der Waals surface area (Å²) in [5.41, 5.74) is -0.119. The van der Waals surface area contributed by atoms with E-state index in [0.717, 1.165) is 12.8 Å². The quantitative estimate of drug-likeness (QED) is 0.458. The number of carbonyl (C=O) groups is 1. The van der Waals surface area contributed by atoms with E-state index in [2.05, 4.69) is 0 Å². The Morgan fingerprint density at radius 1 is 1.67 bits per heavy atom. The maximum Gasteiger partial charge on any atom is 0.312 e. The van der Waals surface area contributed by atoms with Gasteiger partial charge in [0.1, 0.15) is 0 Å². The molecule has 4 aliphatic rings. The molecule has 12 heavy (non-hydrogen) atoms. The molecule has 4 rings (SSSR count). The average Bonchev–Trinajstić information content (AvgIpc) is 2.44. The summed E-state index contributed by atoms with van der Waals surface area (Å²) in [6.07, 6.45) is 2.15. The summed E-state index contributed by atoms with van der Waals surface area (Å²) in [5, 5.41) is 0.258. The first-order valence-electron chi connectivity index (χ1n) is 4.44. The third-order valence-corrected chi connectivity index (χ3v) is 4.72. The van der Waals surface area contributed by atoms with Crippen molar-refractivity contribution in [2.75, 3.05) is 7.11 Å². The highest BCUT2D eigenvalue weighted by Crippen LogP contribution is 2.80. The van der Waals surface area contributed by atoms with Crippen molar-refractivity contribution in [3.63, 3.8) is 0 Å². The van der Waals surface area contributed by atoms with Crippen molar-refractivity contribution in [3.05, 3.63) is 0 Å². The fourth-order valence-electron chi connectivity index (χ4n) is 3.64. The molecule has 0 spiro atoms. The van der Waals surface area contributed by atoms with E-state index in [9.17, 15) is 4.79 Å². The third kappa shape index (κ3) is 0.499. The average molecular weight is 187 g/mol. The van der Waals surface area contributed by atoms with E-state index >= 15 is 0 Å². The van der Waals surface area contributed by atoms with Gasteiger partial charge in [0.05, 0.1) is 12.5 Å². The summed E-state index contributed by atoms with van der Waals surface area (Å²) in [7, 11) is 1.48. The van der Waals surface area contributed by atoms with Crippen molar-refractivity contribution in [1.82, 2.24) is 0 Å². The van der Waals surface area contributed by atoms with E-state index in [1.165, 1.54) is 7.11 Å². The molecule has 2 nitrogen and oxygen atoms in total. The van der Waals surface area contributed by atoms with Crippen LogP contribution in [-0.4, -0.2) is 18.5 Å². The van der Waals surface area contributed by atoms with Crippen molar-refractivity contribution >= 4 is 17.6 Å². The first kappa shape index (κ1) is 7.19. The lowest BCUT2D eigenvalue weighted by molar-refractivity contribution is -0.147. The van der Waals surface area contributed by atoms with Gasteiger partial charge in [0, 0.05) is 5.38 Å². The van der Waals surface area contributed by atoms with E-state index in [-0.39, 0.29) is 16.8 Å². The zero-order chi connectivity index (χ0) is 8.51. The molecule has 0 amide bonds. The van der Waals surface area contributed by atoms with Crippen molar-refractivity contribution in [2.24, 2.45) is 23.2 Å². The second-order valence-corrected chi connectivity index (χ2v) is 4.81. The highest BCUT2D eigenvalue weighted by atomic mass is 35.5. The molecule has 3 heteroatoms. The van der Waals surface area contributed by atoms with E-state index in [0.29, 0.717) is 17.8 Å². The van der Waals surface area contributed by atoms with E-state index in [4.69, 9.17) is 16.3 Å². The van der Waals surface area contributed by atoms with Crippen LogP contribution in [0.4, 0.5) is 0 Å². The molecular formula is C9H11ClO2. The van der Waals surface area contributed by atoms with Gasteiger partial charge in [-0.2, -0.15) is 0 Å². The Labute approximate surface area is 76.2 Å². The zero-order valence-electron chi connectivity index (χ0n) is 6.92. The van der Waals surface area contributed by atoms with Gasteiger partial charge in [-0.05, 0) is 30.6 Å². The highest BCUT2D eigenvalue weighted by molar-refractivity contribution is 6.22. The second kappa shape index (κ2) is 1.82. The van der Waals surface area contributed by atoms with E-state index in [1.807, 2.05) is 0 Å². The molecule has 0 aromatic rings. The van der Waals surface area contributed by atoms with Gasteiger partial charge in [-0.25, -0.2) is 0 Å². The first-order valence-corrected chi connectivity index (χ1v) is 4.88. The van der Waals surface area contributed by atoms with Crippen LogP contribution in [0.15, 0.2) is 0 Å². The van der Waals surface area contributed by atoms with Crippen LogP contribution in [0.3, 0.4) is 0 Å². The van der Waals surface area contributed by atoms with Crippen LogP contribution in [0.1, 0.15) is 12.8 Å². The molecule has 0 aromatic heterocycles. The maximum atomic E-state index is 11.5. The zero-order valence-corrected chi connectivity index (χ0v) is 7.67. The number of hydrogen-bond acceptors (Lipinski definition) is 2. The molecule has 66 valence electrons. The standard InChI is InChI=1S/C9H11ClO2/c1-12-8(11)9-3-4-2-5(9)6(9)7(4)10/h4-7H,2-3H2,1H3/t4-,5-,6-,7?,9-/m1/s1. The highest BCUT2D eigenvalue weighted by Gasteiger charge is 2.82. The second-order valence-electron chi connectivity index (χ2n) is 4.31. The Kier molecular flexibility index (Phi) is 1.09. The number of halogens is 1. The third-order valence-electron chi connectivity index (χ3n) is 4.10. The minimum Gasteiger partial charge on any atom is -0.469 e. The molecule has 0 aliphatic heterocycles. The SMILES string of the molecule is COC(=O)[C@]12C[C@H]3C[C@@H]1[C@@H]2C3Cl. The lowest BCUT2D eigenvalue weighted by Gasteiger charge is -2.06. The predicted octanol–water partition coefficient (Wildman–Crippen LogP) is 1.42. The molecule has 0 aromatic carbocycles. The predicted molar refractivity (Wildman–Crippen MR) is 43.8 cm³/mol. The maximum absolute atomic E-state index is 11.5. The van der Waals surface area contributed by atoms with Crippen LogP contribution in [0, 0.1) is 23.2 Å². The summed E-state index contributed by atoms with van der Waals surface area (Å²) in [4.78, 5) is 11.5. The number of methoxy groups -OCH3 is 1. The summed E-state index contributed by atoms with van der Waals surface area (Å²) < 4.78 is 4.83. The fraction of sp³-hybridized carbons (Fsp3) is 0.889. The molecular weight excluding hydrogens is 176 g/mol. The first-order chi connectivity index (χ1) is 5.71. The number of rotatable bonds is 1. The lowest BCUT2D eigenvalue weighted by Crippen LogP contribution is -2.17. The molecule has 4 fully saturated rings. The van der Waals surface area contributed by atoms with Gasteiger partial charge >= 0.3 is 5.97 Å². The normalized spacial score (nSPS) is 58.8. The van der Waals surface area contributed by atoms with Crippen LogP contribution < -0.4 is 0 Å². The smallest absolute Gasteiger partial charge is 0.312 e. The Balaban J connectivity index is 1.96. The molecule has 4 aliphatic carbocycles. The largest absolute Gasteiger partial charge is 0.469 e. The summed E-state index contributed by atoms with van der Waals surface area (Å²) in [6.45, 7) is 0. The summed E-state index contributed by atoms with van der Waals surface area (Å²) >= 11 is 6.18. The van der Waals surface area contributed by atoms with Gasteiger partial charge in [0.15, 0.2) is 0 Å². The van der Waals surface area contributed by atoms with Crippen LogP contribution in [0.5, 0.6) is 0 Å². The summed E-state index contributed by atoms with van der Waals surface area (Å²) in [6, 6.07) is 0. The minimum absolute atomic E-state index is 0.0110. The monoisotopic (exact) mass is 186 g/mol. The van der Waals surface area contributed by atoms with E-state index < -0.39 is 0 Å². The Morgan fingerprint density at radius 3 is 2.75 bits per heavy atom. The van der Waals surface area contributed by atoms with Gasteiger partial charge in [0.2, 0.25) is 0 Å². The van der Waals surface area contributed by atoms with Gasteiger partial charge in [-0.1, -0.05) is 0 Å². The number of alkyl halides is 1. The number of ether oxygens (including phenoxy) is 1. The van der Waals surface area contributed by atoms with Crippen molar-refractivity contribution in [2.45, 2.75) is 18.2 Å². The molecule has 4 saturated carbocycles. The van der Waals surface area contributed by atoms with Gasteiger partial charge in [0.25, 0.3) is 0 Å². The van der Waals surface area contributed by atoms with Crippen LogP contribution in [0.2, 0.25) is 0 Å². The molecule has 0 radical (unpaired) electrons. The molecule has 0 heterocycles. The van der Waals surface area contributed by atoms with Crippen molar-refractivity contribution < 1.29 is 9.53 Å². The van der Waals surface area contributed by atoms with Crippen molar-refractivity contribution in [3.8, 4) is 0 Å². The topological polar surface area (TPSA) is 26.3 Å². The Morgan fingerprint density at radius 2 is 2.42 bits per heavy atom. The molecule has 4 bridgehead atoms. The molecule has 0 N–H and O–H groups in total. The van der Waals surface area contributed by atoms with Crippen LogP contribution in [0.25, 0.3) is 0 Å². The summed E-state index contributed by atoms with van der Waals surface area (Å²) in [5.74, 6) is 1.61.